The van der Waals surface area contributed by atoms with Crippen molar-refractivity contribution >= 4 is 23.5 Å². The van der Waals surface area contributed by atoms with Crippen LogP contribution in [0, 0.1) is 0 Å². The van der Waals surface area contributed by atoms with Crippen molar-refractivity contribution in [1.82, 2.24) is 0 Å². The molecule has 0 aliphatic carbocycles. The molecule has 1 saturated heterocycles. The van der Waals surface area contributed by atoms with Crippen LogP contribution in [0.5, 0.6) is 0 Å². The number of hydrogen-bond donors (Lipinski definition) is 2. The lowest BCUT2D eigenvalue weighted by atomic mass is 10.5. The van der Waals surface area contributed by atoms with E-state index in [1.54, 1.807) is 0 Å². The van der Waals surface area contributed by atoms with E-state index in [-0.39, 0.29) is 0 Å². The number of carbonyl (C=O) groups is 2. The monoisotopic (exact) mass is 208 g/mol. The fraction of sp³-hybridized carbons (Fsp3) is 0.429. The van der Waals surface area contributed by atoms with Crippen molar-refractivity contribution in [3.8, 4) is 0 Å². The number of aliphatic carboxylic acids is 2. The van der Waals surface area contributed by atoms with E-state index in [0.717, 1.165) is 6.61 Å². The molecule has 1 fully saturated rings. The molecule has 0 aromatic rings. The fourth-order valence-corrected chi connectivity index (χ4v) is 0.478. The summed E-state index contributed by atoms with van der Waals surface area (Å²) in [7, 11) is 0. The van der Waals surface area contributed by atoms with Crippen molar-refractivity contribution in [2.24, 2.45) is 0 Å². The molecule has 6 heteroatoms. The number of carboxylic acids is 2. The first-order chi connectivity index (χ1) is 6.06. The average molecular weight is 209 g/mol. The van der Waals surface area contributed by atoms with Crippen LogP contribution in [-0.2, 0) is 14.3 Å². The molecule has 5 nitrogen and oxygen atoms in total. The maximum atomic E-state index is 9.55. The quantitative estimate of drug-likeness (QED) is 0.397. The molecule has 0 aromatic heterocycles. The number of halogens is 1. The summed E-state index contributed by atoms with van der Waals surface area (Å²) in [5.41, 5.74) is 0. The topological polar surface area (TPSA) is 87.1 Å². The van der Waals surface area contributed by atoms with E-state index in [4.69, 9.17) is 26.6 Å². The standard InChI is InChI=1S/C4H4O4.C3H5ClO/c5-3(6)1-2-4(7)8;4-1-3-2-5-3/h1-2H,(H,5,6)(H,7,8);3H,1-2H2. The van der Waals surface area contributed by atoms with Crippen LogP contribution in [0.4, 0.5) is 0 Å². The van der Waals surface area contributed by atoms with Crippen molar-refractivity contribution in [1.29, 1.82) is 0 Å². The Morgan fingerprint density at radius 3 is 1.85 bits per heavy atom. The highest BCUT2D eigenvalue weighted by atomic mass is 35.5. The van der Waals surface area contributed by atoms with E-state index in [2.05, 4.69) is 0 Å². The Kier molecular flexibility index (Phi) is 5.92. The summed E-state index contributed by atoms with van der Waals surface area (Å²) >= 11 is 5.27. The summed E-state index contributed by atoms with van der Waals surface area (Å²) in [6, 6.07) is 0. The fourth-order valence-electron chi connectivity index (χ4n) is 0.300. The molecular weight excluding hydrogens is 200 g/mol. The first kappa shape index (κ1) is 11.9. The molecular formula is C7H9ClO5. The number of epoxide rings is 1. The van der Waals surface area contributed by atoms with Gasteiger partial charge in [-0.3, -0.25) is 0 Å². The zero-order valence-electron chi connectivity index (χ0n) is 6.64. The van der Waals surface area contributed by atoms with Gasteiger partial charge in [0.15, 0.2) is 0 Å². The molecule has 0 bridgehead atoms. The number of hydrogen-bond acceptors (Lipinski definition) is 3. The molecule has 13 heavy (non-hydrogen) atoms. The van der Waals surface area contributed by atoms with Gasteiger partial charge in [0.2, 0.25) is 0 Å². The Morgan fingerprint density at radius 2 is 1.77 bits per heavy atom. The third-order valence-electron chi connectivity index (χ3n) is 0.943. The summed E-state index contributed by atoms with van der Waals surface area (Å²) in [5, 5.41) is 15.6. The first-order valence-electron chi connectivity index (χ1n) is 3.37. The third-order valence-corrected chi connectivity index (χ3v) is 1.29. The second-order valence-electron chi connectivity index (χ2n) is 2.12. The minimum absolute atomic E-state index is 0.400. The van der Waals surface area contributed by atoms with Gasteiger partial charge in [-0.2, -0.15) is 0 Å². The Hall–Kier alpha value is -1.07. The second-order valence-corrected chi connectivity index (χ2v) is 2.43. The molecule has 0 radical (unpaired) electrons. The largest absolute Gasteiger partial charge is 0.478 e. The zero-order valence-corrected chi connectivity index (χ0v) is 7.40. The Balaban J connectivity index is 0.000000243. The lowest BCUT2D eigenvalue weighted by Gasteiger charge is -1.74. The smallest absolute Gasteiger partial charge is 0.328 e. The number of ether oxygens (including phenoxy) is 1. The highest BCUT2D eigenvalue weighted by Crippen LogP contribution is 2.08. The van der Waals surface area contributed by atoms with Crippen LogP contribution in [0.2, 0.25) is 0 Å². The van der Waals surface area contributed by atoms with Gasteiger partial charge >= 0.3 is 11.9 Å². The maximum absolute atomic E-state index is 9.55. The Labute approximate surface area is 79.6 Å². The molecule has 0 amide bonds. The van der Waals surface area contributed by atoms with Crippen LogP contribution < -0.4 is 0 Å². The number of carboxylic acid groups (broad SMARTS) is 2. The van der Waals surface area contributed by atoms with Crippen molar-refractivity contribution in [3.05, 3.63) is 12.2 Å². The summed E-state index contributed by atoms with van der Waals surface area (Å²) < 4.78 is 4.73. The van der Waals surface area contributed by atoms with E-state index >= 15 is 0 Å². The lowest BCUT2D eigenvalue weighted by molar-refractivity contribution is -0.134. The summed E-state index contributed by atoms with van der Waals surface area (Å²) in [6.45, 7) is 0.878. The van der Waals surface area contributed by atoms with Crippen molar-refractivity contribution in [2.75, 3.05) is 12.5 Å². The van der Waals surface area contributed by atoms with Gasteiger partial charge in [-0.25, -0.2) is 9.59 Å². The Morgan fingerprint density at radius 1 is 1.38 bits per heavy atom. The van der Waals surface area contributed by atoms with E-state index in [9.17, 15) is 9.59 Å². The minimum Gasteiger partial charge on any atom is -0.478 e. The van der Waals surface area contributed by atoms with Crippen molar-refractivity contribution in [3.63, 3.8) is 0 Å². The first-order valence-corrected chi connectivity index (χ1v) is 3.91. The molecule has 0 aromatic carbocycles. The van der Waals surface area contributed by atoms with Crippen LogP contribution in [0.1, 0.15) is 0 Å². The molecule has 1 rings (SSSR count). The predicted molar refractivity (Wildman–Crippen MR) is 44.9 cm³/mol. The molecule has 1 atom stereocenters. The number of rotatable bonds is 3. The summed E-state index contributed by atoms with van der Waals surface area (Å²) in [4.78, 5) is 19.1. The van der Waals surface area contributed by atoms with Gasteiger partial charge in [-0.05, 0) is 0 Å². The van der Waals surface area contributed by atoms with Gasteiger partial charge in [0.25, 0.3) is 0 Å². The molecule has 1 aliphatic rings. The number of alkyl halides is 1. The molecule has 2 N–H and O–H groups in total. The molecule has 74 valence electrons. The van der Waals surface area contributed by atoms with Gasteiger partial charge in [0, 0.05) is 12.2 Å². The Bertz CT molecular complexity index is 193. The van der Waals surface area contributed by atoms with E-state index in [1.165, 1.54) is 0 Å². The van der Waals surface area contributed by atoms with Gasteiger partial charge < -0.3 is 14.9 Å². The van der Waals surface area contributed by atoms with Crippen LogP contribution in [-0.4, -0.2) is 40.7 Å². The van der Waals surface area contributed by atoms with Crippen LogP contribution >= 0.6 is 11.6 Å². The van der Waals surface area contributed by atoms with E-state index < -0.39 is 11.9 Å². The second kappa shape index (κ2) is 6.45. The van der Waals surface area contributed by atoms with E-state index in [0.29, 0.717) is 24.1 Å². The van der Waals surface area contributed by atoms with Crippen LogP contribution in [0.3, 0.4) is 0 Å². The SMILES string of the molecule is ClCC1CO1.O=C(O)C=CC(=O)O. The van der Waals surface area contributed by atoms with Crippen molar-refractivity contribution < 1.29 is 24.5 Å². The zero-order chi connectivity index (χ0) is 10.3. The molecule has 0 saturated carbocycles. The molecule has 1 heterocycles. The molecule has 0 spiro atoms. The normalized spacial score (nSPS) is 19.0. The van der Waals surface area contributed by atoms with Crippen LogP contribution in [0.25, 0.3) is 0 Å². The average Bonchev–Trinajstić information content (AvgIpc) is 2.84. The predicted octanol–water partition coefficient (Wildman–Crippen LogP) is 0.336. The van der Waals surface area contributed by atoms with Gasteiger partial charge in [-0.1, -0.05) is 0 Å². The van der Waals surface area contributed by atoms with E-state index in [1.807, 2.05) is 0 Å². The van der Waals surface area contributed by atoms with Crippen molar-refractivity contribution in [2.45, 2.75) is 6.10 Å². The summed E-state index contributed by atoms with van der Waals surface area (Å²) in [6.07, 6.45) is 1.52. The molecule has 1 aliphatic heterocycles. The maximum Gasteiger partial charge on any atom is 0.328 e. The lowest BCUT2D eigenvalue weighted by Crippen LogP contribution is -1.91. The minimum atomic E-state index is -1.26. The molecule has 1 unspecified atom stereocenters. The van der Waals surface area contributed by atoms with Gasteiger partial charge in [0.05, 0.1) is 18.6 Å². The third kappa shape index (κ3) is 10.9. The van der Waals surface area contributed by atoms with Gasteiger partial charge in [-0.15, -0.1) is 11.6 Å². The summed E-state index contributed by atoms with van der Waals surface area (Å²) in [5.74, 6) is -1.85. The highest BCUT2D eigenvalue weighted by Gasteiger charge is 2.19. The van der Waals surface area contributed by atoms with Gasteiger partial charge in [0.1, 0.15) is 0 Å². The highest BCUT2D eigenvalue weighted by molar-refractivity contribution is 6.18. The van der Waals surface area contributed by atoms with Crippen LogP contribution in [0.15, 0.2) is 12.2 Å².